The minimum atomic E-state index is -1.19. The molecule has 5 aliphatic rings. The van der Waals surface area contributed by atoms with Crippen molar-refractivity contribution in [1.82, 2.24) is 4.90 Å². The Hall–Kier alpha value is -0.500. The molecule has 6 nitrogen and oxygen atoms in total. The second-order valence-corrected chi connectivity index (χ2v) is 16.9. The van der Waals surface area contributed by atoms with Crippen LogP contribution in [0.2, 0.25) is 0 Å². The predicted octanol–water partition coefficient (Wildman–Crippen LogP) is 6.34. The molecule has 4 N–H and O–H groups in total. The fourth-order valence-corrected chi connectivity index (χ4v) is 11.3. The number of rotatable bonds is 13. The molecule has 3 saturated carbocycles. The van der Waals surface area contributed by atoms with Gasteiger partial charge < -0.3 is 25.2 Å². The minimum absolute atomic E-state index is 0.218. The molecule has 0 radical (unpaired) electrons. The van der Waals surface area contributed by atoms with Gasteiger partial charge in [0.15, 0.2) is 0 Å². The van der Waals surface area contributed by atoms with Gasteiger partial charge in [0, 0.05) is 13.2 Å². The summed E-state index contributed by atoms with van der Waals surface area (Å²) in [5, 5.41) is 39.9. The first-order valence-corrected chi connectivity index (χ1v) is 18.7. The van der Waals surface area contributed by atoms with Crippen molar-refractivity contribution in [3.8, 4) is 0 Å². The summed E-state index contributed by atoms with van der Waals surface area (Å²) >= 11 is 0. The van der Waals surface area contributed by atoms with Crippen LogP contribution in [0.5, 0.6) is 0 Å². The van der Waals surface area contributed by atoms with Crippen LogP contribution in [0.15, 0.2) is 11.6 Å². The number of ether oxygens (including phenoxy) is 1. The zero-order valence-corrected chi connectivity index (χ0v) is 28.8. The molecule has 1 heterocycles. The fourth-order valence-electron chi connectivity index (χ4n) is 11.3. The van der Waals surface area contributed by atoms with Crippen LogP contribution in [-0.4, -0.2) is 82.1 Å². The van der Waals surface area contributed by atoms with E-state index in [1.807, 2.05) is 4.90 Å². The van der Waals surface area contributed by atoms with Crippen LogP contribution in [0.3, 0.4) is 0 Å². The monoisotopic (exact) mass is 618 g/mol. The van der Waals surface area contributed by atoms with Gasteiger partial charge >= 0.3 is 0 Å². The Kier molecular flexibility index (Phi) is 11.7. The molecular formula is C38H67NO5. The van der Waals surface area contributed by atoms with Gasteiger partial charge in [-0.25, -0.2) is 0 Å². The average molecular weight is 618 g/mol. The lowest BCUT2D eigenvalue weighted by Gasteiger charge is -2.58. The highest BCUT2D eigenvalue weighted by molar-refractivity contribution is 5.25. The third-order valence-electron chi connectivity index (χ3n) is 13.9. The number of aliphatic hydroxyl groups is 4. The van der Waals surface area contributed by atoms with E-state index in [2.05, 4.69) is 40.7 Å². The average Bonchev–Trinajstić information content (AvgIpc) is 3.35. The number of unbranched alkanes of at least 4 members (excludes halogenated alkanes) is 2. The zero-order chi connectivity index (χ0) is 31.6. The number of β-amino-alcohol motifs (C(OH)–C–C–N with tert-alkyl or cyclic N) is 1. The molecule has 0 unspecified atom stereocenters. The van der Waals surface area contributed by atoms with Crippen LogP contribution in [0.1, 0.15) is 125 Å². The number of hydrogen-bond acceptors (Lipinski definition) is 6. The number of aliphatic hydroxyl groups excluding tert-OH is 4. The van der Waals surface area contributed by atoms with Gasteiger partial charge in [-0.1, -0.05) is 65.5 Å². The number of fused-ring (bicyclic) bond motifs is 5. The van der Waals surface area contributed by atoms with Crippen LogP contribution < -0.4 is 0 Å². The first-order chi connectivity index (χ1) is 21.0. The highest BCUT2D eigenvalue weighted by Crippen LogP contribution is 2.67. The van der Waals surface area contributed by atoms with Gasteiger partial charge in [-0.15, -0.1) is 0 Å². The van der Waals surface area contributed by atoms with Gasteiger partial charge in [-0.3, -0.25) is 4.90 Å². The number of allylic oxidation sites excluding steroid dienone is 1. The summed E-state index contributed by atoms with van der Waals surface area (Å²) in [5.41, 5.74) is 2.62. The van der Waals surface area contributed by atoms with E-state index in [0.717, 1.165) is 67.8 Å². The van der Waals surface area contributed by atoms with E-state index in [0.29, 0.717) is 23.5 Å². The molecule has 0 amide bonds. The van der Waals surface area contributed by atoms with Crippen molar-refractivity contribution in [2.45, 2.75) is 155 Å². The lowest BCUT2D eigenvalue weighted by molar-refractivity contribution is -0.145. The lowest BCUT2D eigenvalue weighted by Crippen LogP contribution is -2.62. The predicted molar refractivity (Wildman–Crippen MR) is 177 cm³/mol. The van der Waals surface area contributed by atoms with Gasteiger partial charge in [-0.2, -0.15) is 0 Å². The van der Waals surface area contributed by atoms with Crippen LogP contribution in [-0.2, 0) is 4.74 Å². The van der Waals surface area contributed by atoms with E-state index in [1.54, 1.807) is 5.57 Å². The maximum absolute atomic E-state index is 10.2. The normalized spacial score (nSPS) is 43.3. The third kappa shape index (κ3) is 7.02. The van der Waals surface area contributed by atoms with Crippen LogP contribution in [0.25, 0.3) is 0 Å². The Balaban J connectivity index is 1.07. The maximum atomic E-state index is 10.2. The highest BCUT2D eigenvalue weighted by Gasteiger charge is 2.59. The van der Waals surface area contributed by atoms with Crippen molar-refractivity contribution in [2.24, 2.45) is 46.3 Å². The van der Waals surface area contributed by atoms with Crippen molar-refractivity contribution in [2.75, 3.05) is 26.3 Å². The molecule has 12 atom stereocenters. The van der Waals surface area contributed by atoms with Crippen molar-refractivity contribution in [1.29, 1.82) is 0 Å². The molecule has 1 aliphatic heterocycles. The Morgan fingerprint density at radius 3 is 2.45 bits per heavy atom. The van der Waals surface area contributed by atoms with Crippen LogP contribution in [0, 0.1) is 46.3 Å². The van der Waals surface area contributed by atoms with Crippen molar-refractivity contribution >= 4 is 0 Å². The first kappa shape index (κ1) is 34.8. The second kappa shape index (κ2) is 14.7. The lowest BCUT2D eigenvalue weighted by atomic mass is 9.47. The van der Waals surface area contributed by atoms with E-state index in [4.69, 9.17) is 4.74 Å². The molecule has 1 saturated heterocycles. The standard InChI is InChI=1S/C38H67NO5/c1-25(2)10-9-11-26(3)30-14-15-31-29-13-12-27-22-28(16-18-37(27,4)32(29)17-19-38(30,31)5)44-21-8-6-7-20-39-23-34(41)36(43)35(42)33(39)24-40/h12,25-26,28-36,40-43H,6-11,13-24H2,1-5H3/t26-,28+,29+,30-,31+,32+,33+,34+,35-,36-,37+,38-/m1/s1. The van der Waals surface area contributed by atoms with Gasteiger partial charge in [-0.05, 0) is 124 Å². The zero-order valence-electron chi connectivity index (χ0n) is 28.8. The quantitative estimate of drug-likeness (QED) is 0.142. The van der Waals surface area contributed by atoms with Gasteiger partial charge in [0.25, 0.3) is 0 Å². The second-order valence-electron chi connectivity index (χ2n) is 16.9. The summed E-state index contributed by atoms with van der Waals surface area (Å²) in [6.07, 6.45) is 17.5. The Morgan fingerprint density at radius 1 is 0.909 bits per heavy atom. The molecule has 0 aromatic carbocycles. The highest BCUT2D eigenvalue weighted by atomic mass is 16.5. The molecule has 0 aromatic rings. The minimum Gasteiger partial charge on any atom is -0.395 e. The molecule has 4 aliphatic carbocycles. The first-order valence-electron chi connectivity index (χ1n) is 18.7. The Morgan fingerprint density at radius 2 is 1.70 bits per heavy atom. The van der Waals surface area contributed by atoms with E-state index in [1.165, 1.54) is 64.2 Å². The van der Waals surface area contributed by atoms with E-state index in [9.17, 15) is 20.4 Å². The van der Waals surface area contributed by atoms with Gasteiger partial charge in [0.1, 0.15) is 12.2 Å². The fraction of sp³-hybridized carbons (Fsp3) is 0.947. The van der Waals surface area contributed by atoms with Crippen molar-refractivity contribution in [3.05, 3.63) is 11.6 Å². The molecule has 4 fully saturated rings. The Bertz CT molecular complexity index is 956. The summed E-state index contributed by atoms with van der Waals surface area (Å²) in [6, 6.07) is -0.513. The van der Waals surface area contributed by atoms with Gasteiger partial charge in [0.2, 0.25) is 0 Å². The summed E-state index contributed by atoms with van der Waals surface area (Å²) in [5.74, 6) is 5.27. The SMILES string of the molecule is CC(C)CCC[C@@H](C)[C@H]1CC[C@H]2[C@@H]3CC=C4C[C@@H](OCCCCCN5C[C@H](O)[C@@H](O)[C@H](O)[C@@H]5CO)CC[C@]4(C)[C@H]3CC[C@]12C. The summed E-state index contributed by atoms with van der Waals surface area (Å²) in [4.78, 5) is 1.92. The molecular weight excluding hydrogens is 550 g/mol. The molecule has 0 aromatic heterocycles. The summed E-state index contributed by atoms with van der Waals surface area (Å²) in [7, 11) is 0. The maximum Gasteiger partial charge on any atom is 0.109 e. The van der Waals surface area contributed by atoms with Crippen LogP contribution >= 0.6 is 0 Å². The van der Waals surface area contributed by atoms with E-state index >= 15 is 0 Å². The van der Waals surface area contributed by atoms with Crippen molar-refractivity contribution in [3.63, 3.8) is 0 Å². The topological polar surface area (TPSA) is 93.4 Å². The number of piperidine rings is 1. The Labute approximate surface area is 269 Å². The smallest absolute Gasteiger partial charge is 0.109 e. The number of nitrogens with zero attached hydrogens (tertiary/aromatic N) is 1. The van der Waals surface area contributed by atoms with Crippen molar-refractivity contribution < 1.29 is 25.2 Å². The van der Waals surface area contributed by atoms with E-state index in [-0.39, 0.29) is 13.2 Å². The van der Waals surface area contributed by atoms with Gasteiger partial charge in [0.05, 0.1) is 24.9 Å². The molecule has 0 bridgehead atoms. The molecule has 6 heteroatoms. The number of hydrogen-bond donors (Lipinski definition) is 4. The molecule has 44 heavy (non-hydrogen) atoms. The molecule has 254 valence electrons. The summed E-state index contributed by atoms with van der Waals surface area (Å²) < 4.78 is 6.46. The molecule has 0 spiro atoms. The van der Waals surface area contributed by atoms with E-state index < -0.39 is 24.4 Å². The summed E-state index contributed by atoms with van der Waals surface area (Å²) in [6.45, 7) is 14.2. The largest absolute Gasteiger partial charge is 0.395 e. The third-order valence-corrected chi connectivity index (χ3v) is 13.9. The molecule has 5 rings (SSSR count). The van der Waals surface area contributed by atoms with Crippen LogP contribution in [0.4, 0.5) is 0 Å². The number of likely N-dealkylation sites (tertiary alicyclic amines) is 1.